The first-order chi connectivity index (χ1) is 33.2. The Balaban J connectivity index is 0.948. The molecule has 0 bridgehead atoms. The topological polar surface area (TPSA) is 52.8 Å². The van der Waals surface area contributed by atoms with E-state index in [4.69, 9.17) is 19.7 Å². The minimum absolute atomic E-state index is 0.114. The number of rotatable bonds is 6. The Morgan fingerprint density at radius 1 is 0.338 bits per heavy atom. The van der Waals surface area contributed by atoms with Crippen LogP contribution in [0.25, 0.3) is 95.0 Å². The van der Waals surface area contributed by atoms with E-state index in [1.165, 1.54) is 44.1 Å². The highest BCUT2D eigenvalue weighted by molar-refractivity contribution is 6.13. The molecule has 0 saturated heterocycles. The largest absolute Gasteiger partial charge is 0.455 e. The number of hydrogen-bond acceptors (Lipinski definition) is 4. The molecular formula is C63H46N4O. The van der Waals surface area contributed by atoms with Gasteiger partial charge in [-0.15, -0.1) is 0 Å². The Morgan fingerprint density at radius 3 is 1.46 bits per heavy atom. The molecule has 5 nitrogen and oxygen atoms in total. The van der Waals surface area contributed by atoms with Crippen molar-refractivity contribution in [2.75, 3.05) is 0 Å². The smallest absolute Gasteiger partial charge is 0.164 e. The van der Waals surface area contributed by atoms with E-state index in [1.54, 1.807) is 0 Å². The van der Waals surface area contributed by atoms with Crippen LogP contribution in [0.2, 0.25) is 0 Å². The Morgan fingerprint density at radius 2 is 0.809 bits per heavy atom. The first-order valence-electron chi connectivity index (χ1n) is 23.4. The summed E-state index contributed by atoms with van der Waals surface area (Å²) in [6, 6.07) is 73.4. The normalized spacial score (nSPS) is 13.9. The van der Waals surface area contributed by atoms with Crippen molar-refractivity contribution in [3.63, 3.8) is 0 Å². The molecule has 1 aliphatic heterocycles. The number of benzene rings is 9. The van der Waals surface area contributed by atoms with Gasteiger partial charge in [0.05, 0.1) is 11.0 Å². The molecule has 0 spiro atoms. The molecule has 0 amide bonds. The fourth-order valence-corrected chi connectivity index (χ4v) is 11.0. The maximum Gasteiger partial charge on any atom is 0.164 e. The Bertz CT molecular complexity index is 3760. The van der Waals surface area contributed by atoms with Crippen molar-refractivity contribution in [1.29, 1.82) is 0 Å². The average molecular weight is 875 g/mol. The van der Waals surface area contributed by atoms with E-state index < -0.39 is 0 Å². The second-order valence-corrected chi connectivity index (χ2v) is 19.2. The summed E-state index contributed by atoms with van der Waals surface area (Å²) < 4.78 is 9.77. The molecule has 11 aromatic rings. The van der Waals surface area contributed by atoms with E-state index in [9.17, 15) is 0 Å². The van der Waals surface area contributed by atoms with Crippen molar-refractivity contribution in [2.24, 2.45) is 0 Å². The van der Waals surface area contributed by atoms with Gasteiger partial charge in [-0.2, -0.15) is 0 Å². The minimum Gasteiger partial charge on any atom is -0.455 e. The van der Waals surface area contributed by atoms with Gasteiger partial charge in [-0.05, 0) is 75.8 Å². The fourth-order valence-electron chi connectivity index (χ4n) is 11.0. The molecule has 2 aromatic heterocycles. The molecule has 0 radical (unpaired) electrons. The van der Waals surface area contributed by atoms with E-state index >= 15 is 0 Å². The lowest BCUT2D eigenvalue weighted by Crippen LogP contribution is -2.25. The number of hydrogen-bond donors (Lipinski definition) is 0. The molecule has 324 valence electrons. The molecule has 1 aliphatic carbocycles. The van der Waals surface area contributed by atoms with Gasteiger partial charge in [-0.25, -0.2) is 15.0 Å². The van der Waals surface area contributed by atoms with Crippen molar-refractivity contribution in [2.45, 2.75) is 38.5 Å². The van der Waals surface area contributed by atoms with Crippen LogP contribution >= 0.6 is 0 Å². The molecule has 9 aromatic carbocycles. The molecule has 0 fully saturated rings. The van der Waals surface area contributed by atoms with E-state index in [2.05, 4.69) is 178 Å². The summed E-state index contributed by atoms with van der Waals surface area (Å²) in [4.78, 5) is 15.1. The van der Waals surface area contributed by atoms with Crippen molar-refractivity contribution >= 4 is 21.8 Å². The highest BCUT2D eigenvalue weighted by atomic mass is 16.5. The SMILES string of the molecule is CC1(C)c2ccccc2-c2cc3c4cc(-c5cccc6c5Oc5c(-c7cccc(-c8nc(-c9ccccc9)nc(-c9ccccc9)n8)c7)cccc5C6(C)C)ccc4n(-c4ccccc4)c3cc21. The van der Waals surface area contributed by atoms with Crippen LogP contribution in [0.15, 0.2) is 206 Å². The lowest BCUT2D eigenvalue weighted by molar-refractivity contribution is 0.421. The standard InChI is InChI=1S/C63H46N4O/c1-62(2)51-30-15-14-27-47(51)48-37-50-49-36-42(33-34-55(49)67(56(50)38-54(48)62)44-25-12-7-13-26-44)46-29-18-32-53-58(46)68-57-45(28-17-31-52(57)63(53,3)4)41-23-16-24-43(35-41)61-65-59(39-19-8-5-9-20-39)64-60(66-61)40-21-10-6-11-22-40/h5-38H,1-4H3. The van der Waals surface area contributed by atoms with Crippen LogP contribution in [0.3, 0.4) is 0 Å². The number of ether oxygens (including phenoxy) is 1. The zero-order valence-electron chi connectivity index (χ0n) is 38.3. The summed E-state index contributed by atoms with van der Waals surface area (Å²) in [6.07, 6.45) is 0. The molecule has 0 N–H and O–H groups in total. The Labute approximate surface area is 396 Å². The van der Waals surface area contributed by atoms with E-state index in [0.717, 1.165) is 67.3 Å². The van der Waals surface area contributed by atoms with Gasteiger partial charge in [0.2, 0.25) is 0 Å². The second-order valence-electron chi connectivity index (χ2n) is 19.2. The van der Waals surface area contributed by atoms with E-state index in [-0.39, 0.29) is 10.8 Å². The summed E-state index contributed by atoms with van der Waals surface area (Å²) in [5.74, 6) is 3.62. The molecule has 3 heterocycles. The lowest BCUT2D eigenvalue weighted by Gasteiger charge is -2.36. The first-order valence-corrected chi connectivity index (χ1v) is 23.4. The quantitative estimate of drug-likeness (QED) is 0.167. The number of fused-ring (bicyclic) bond motifs is 8. The van der Waals surface area contributed by atoms with Gasteiger partial charge in [0.25, 0.3) is 0 Å². The molecule has 5 heteroatoms. The minimum atomic E-state index is -0.357. The van der Waals surface area contributed by atoms with Gasteiger partial charge in [0.15, 0.2) is 17.5 Å². The molecule has 68 heavy (non-hydrogen) atoms. The third kappa shape index (κ3) is 6.12. The second kappa shape index (κ2) is 15.1. The molecule has 0 atom stereocenters. The number of nitrogens with zero attached hydrogens (tertiary/aromatic N) is 4. The summed E-state index contributed by atoms with van der Waals surface area (Å²) in [5, 5.41) is 2.45. The molecule has 0 saturated carbocycles. The van der Waals surface area contributed by atoms with Gasteiger partial charge >= 0.3 is 0 Å². The predicted octanol–water partition coefficient (Wildman–Crippen LogP) is 16.0. The summed E-state index contributed by atoms with van der Waals surface area (Å²) >= 11 is 0. The predicted molar refractivity (Wildman–Crippen MR) is 278 cm³/mol. The van der Waals surface area contributed by atoms with Crippen molar-refractivity contribution < 1.29 is 4.74 Å². The van der Waals surface area contributed by atoms with Crippen LogP contribution < -0.4 is 4.74 Å². The molecular weight excluding hydrogens is 829 g/mol. The fraction of sp³-hybridized carbons (Fsp3) is 0.0952. The summed E-state index contributed by atoms with van der Waals surface area (Å²) in [6.45, 7) is 9.34. The maximum atomic E-state index is 7.33. The van der Waals surface area contributed by atoms with Crippen LogP contribution in [0.4, 0.5) is 0 Å². The van der Waals surface area contributed by atoms with Crippen LogP contribution in [-0.2, 0) is 10.8 Å². The van der Waals surface area contributed by atoms with Crippen LogP contribution in [-0.4, -0.2) is 19.5 Å². The van der Waals surface area contributed by atoms with Gasteiger partial charge < -0.3 is 9.30 Å². The lowest BCUT2D eigenvalue weighted by atomic mass is 9.74. The third-order valence-electron chi connectivity index (χ3n) is 14.5. The molecule has 13 rings (SSSR count). The highest BCUT2D eigenvalue weighted by Gasteiger charge is 2.38. The monoisotopic (exact) mass is 874 g/mol. The zero-order valence-corrected chi connectivity index (χ0v) is 38.3. The average Bonchev–Trinajstić information content (AvgIpc) is 3.82. The van der Waals surface area contributed by atoms with Crippen LogP contribution in [0, 0.1) is 0 Å². The maximum absolute atomic E-state index is 7.33. The highest BCUT2D eigenvalue weighted by Crippen LogP contribution is 2.55. The van der Waals surface area contributed by atoms with Gasteiger partial charge in [-0.1, -0.05) is 191 Å². The number of para-hydroxylation sites is 3. The van der Waals surface area contributed by atoms with Gasteiger partial charge in [0, 0.05) is 66.2 Å². The van der Waals surface area contributed by atoms with E-state index in [0.29, 0.717) is 17.5 Å². The van der Waals surface area contributed by atoms with Crippen molar-refractivity contribution in [3.05, 3.63) is 229 Å². The summed E-state index contributed by atoms with van der Waals surface area (Å²) in [7, 11) is 0. The van der Waals surface area contributed by atoms with E-state index in [1.807, 2.05) is 60.7 Å². The van der Waals surface area contributed by atoms with Gasteiger partial charge in [-0.3, -0.25) is 0 Å². The van der Waals surface area contributed by atoms with Gasteiger partial charge in [0.1, 0.15) is 11.5 Å². The Kier molecular flexibility index (Phi) is 8.84. The van der Waals surface area contributed by atoms with Crippen LogP contribution in [0.5, 0.6) is 11.5 Å². The third-order valence-corrected chi connectivity index (χ3v) is 14.5. The molecule has 0 unspecified atom stereocenters. The molecule has 2 aliphatic rings. The number of aromatic nitrogens is 4. The first kappa shape index (κ1) is 39.9. The Hall–Kier alpha value is -8.41. The summed E-state index contributed by atoms with van der Waals surface area (Å²) in [5.41, 5.74) is 17.7. The van der Waals surface area contributed by atoms with Crippen molar-refractivity contribution in [3.8, 4) is 84.7 Å². The zero-order chi connectivity index (χ0) is 45.7. The van der Waals surface area contributed by atoms with Crippen molar-refractivity contribution in [1.82, 2.24) is 19.5 Å². The van der Waals surface area contributed by atoms with Crippen LogP contribution in [0.1, 0.15) is 49.9 Å².